The molecule has 32 heavy (non-hydrogen) atoms. The van der Waals surface area contributed by atoms with Crippen LogP contribution in [0.1, 0.15) is 56.6 Å². The highest BCUT2D eigenvalue weighted by Crippen LogP contribution is 2.37. The fourth-order valence-electron chi connectivity index (χ4n) is 3.21. The lowest BCUT2D eigenvalue weighted by molar-refractivity contribution is -0.117. The molecular weight excluding hydrogens is 424 g/mol. The van der Waals surface area contributed by atoms with E-state index < -0.39 is 5.91 Å². The van der Waals surface area contributed by atoms with Gasteiger partial charge in [0.25, 0.3) is 5.91 Å². The predicted molar refractivity (Wildman–Crippen MR) is 129 cm³/mol. The molecule has 0 aliphatic rings. The van der Waals surface area contributed by atoms with E-state index in [1.165, 1.54) is 38.9 Å². The van der Waals surface area contributed by atoms with Crippen molar-refractivity contribution in [2.75, 3.05) is 13.7 Å². The quantitative estimate of drug-likeness (QED) is 0.218. The normalized spacial score (nSPS) is 11.0. The summed E-state index contributed by atoms with van der Waals surface area (Å²) in [6.45, 7) is 3.10. The summed E-state index contributed by atoms with van der Waals surface area (Å²) in [5.41, 5.74) is 1.53. The second kappa shape index (κ2) is 14.2. The van der Waals surface area contributed by atoms with Crippen molar-refractivity contribution in [2.24, 2.45) is 0 Å². The number of nitrogens with zero attached hydrogens (tertiary/aromatic N) is 1. The van der Waals surface area contributed by atoms with Crippen molar-refractivity contribution in [3.8, 4) is 17.6 Å². The first-order valence-corrected chi connectivity index (χ1v) is 11.4. The van der Waals surface area contributed by atoms with Gasteiger partial charge in [-0.15, -0.1) is 0 Å². The Morgan fingerprint density at radius 2 is 1.84 bits per heavy atom. The minimum Gasteiger partial charge on any atom is -0.493 e. The molecule has 0 aromatic heterocycles. The molecule has 0 atom stereocenters. The summed E-state index contributed by atoms with van der Waals surface area (Å²) in [5, 5.41) is 12.6. The average molecular weight is 455 g/mol. The maximum absolute atomic E-state index is 12.4. The molecule has 0 aliphatic heterocycles. The zero-order valence-corrected chi connectivity index (χ0v) is 19.6. The molecule has 0 saturated heterocycles. The summed E-state index contributed by atoms with van der Waals surface area (Å²) >= 11 is 6.42. The van der Waals surface area contributed by atoms with Gasteiger partial charge in [0.05, 0.1) is 18.7 Å². The Labute approximate surface area is 196 Å². The average Bonchev–Trinajstić information content (AvgIpc) is 2.81. The monoisotopic (exact) mass is 454 g/mol. The van der Waals surface area contributed by atoms with Crippen molar-refractivity contribution < 1.29 is 14.3 Å². The Balaban J connectivity index is 2.02. The number of hydrogen-bond acceptors (Lipinski definition) is 4. The molecule has 0 heterocycles. The second-order valence-electron chi connectivity index (χ2n) is 7.49. The van der Waals surface area contributed by atoms with Crippen molar-refractivity contribution in [1.82, 2.24) is 5.32 Å². The van der Waals surface area contributed by atoms with E-state index >= 15 is 0 Å². The van der Waals surface area contributed by atoms with Crippen LogP contribution in [0.5, 0.6) is 11.5 Å². The molecule has 0 spiro atoms. The summed E-state index contributed by atoms with van der Waals surface area (Å²) in [6.07, 6.45) is 8.51. The maximum atomic E-state index is 12.4. The van der Waals surface area contributed by atoms with Crippen molar-refractivity contribution in [3.05, 3.63) is 64.2 Å². The van der Waals surface area contributed by atoms with Crippen LogP contribution in [0.25, 0.3) is 6.08 Å². The number of rotatable bonds is 13. The third-order valence-corrected chi connectivity index (χ3v) is 5.25. The van der Waals surface area contributed by atoms with Gasteiger partial charge in [0.2, 0.25) is 0 Å². The number of nitriles is 1. The molecule has 1 amide bonds. The van der Waals surface area contributed by atoms with Crippen LogP contribution in [0.3, 0.4) is 0 Å². The maximum Gasteiger partial charge on any atom is 0.262 e. The zero-order chi connectivity index (χ0) is 23.2. The van der Waals surface area contributed by atoms with Crippen LogP contribution in [-0.4, -0.2) is 19.6 Å². The smallest absolute Gasteiger partial charge is 0.262 e. The molecule has 2 aromatic carbocycles. The molecule has 0 radical (unpaired) electrons. The number of unbranched alkanes of at least 4 members (excludes halogenated alkanes) is 5. The van der Waals surface area contributed by atoms with Crippen molar-refractivity contribution in [2.45, 2.75) is 52.0 Å². The largest absolute Gasteiger partial charge is 0.493 e. The lowest BCUT2D eigenvalue weighted by Crippen LogP contribution is -2.23. The fraction of sp³-hybridized carbons (Fsp3) is 0.385. The predicted octanol–water partition coefficient (Wildman–Crippen LogP) is 6.31. The summed E-state index contributed by atoms with van der Waals surface area (Å²) in [4.78, 5) is 12.4. The first kappa shape index (κ1) is 25.3. The van der Waals surface area contributed by atoms with Crippen LogP contribution in [0.2, 0.25) is 5.02 Å². The number of hydrogen-bond donors (Lipinski definition) is 1. The van der Waals surface area contributed by atoms with Gasteiger partial charge in [-0.25, -0.2) is 0 Å². The Morgan fingerprint density at radius 1 is 1.12 bits per heavy atom. The van der Waals surface area contributed by atoms with Crippen LogP contribution in [0.15, 0.2) is 48.0 Å². The number of carbonyl (C=O) groups excluding carboxylic acids is 1. The van der Waals surface area contributed by atoms with Crippen LogP contribution >= 0.6 is 11.6 Å². The number of ether oxygens (including phenoxy) is 2. The minimum absolute atomic E-state index is 0.0141. The molecule has 0 unspecified atom stereocenters. The summed E-state index contributed by atoms with van der Waals surface area (Å²) in [7, 11) is 1.54. The third-order valence-electron chi connectivity index (χ3n) is 4.97. The van der Waals surface area contributed by atoms with Gasteiger partial charge in [-0.1, -0.05) is 81.0 Å². The van der Waals surface area contributed by atoms with Gasteiger partial charge in [-0.05, 0) is 35.8 Å². The van der Waals surface area contributed by atoms with Crippen molar-refractivity contribution in [1.29, 1.82) is 5.26 Å². The van der Waals surface area contributed by atoms with Crippen molar-refractivity contribution >= 4 is 23.6 Å². The SMILES string of the molecule is CCCCCCCCOc1c(Cl)cc(/C=C(\C#N)C(=O)NCc2ccccc2)cc1OC. The van der Waals surface area contributed by atoms with Gasteiger partial charge < -0.3 is 14.8 Å². The van der Waals surface area contributed by atoms with E-state index in [4.69, 9.17) is 21.1 Å². The molecular formula is C26H31ClN2O3. The minimum atomic E-state index is -0.449. The standard InChI is InChI=1S/C26H31ClN2O3/c1-3-4-5-6-7-11-14-32-25-23(27)16-21(17-24(25)31-2)15-22(18-28)26(30)29-19-20-12-9-8-10-13-20/h8-10,12-13,15-17H,3-7,11,14,19H2,1-2H3,(H,29,30)/b22-15+. The molecule has 0 fully saturated rings. The molecule has 0 aliphatic carbocycles. The zero-order valence-electron chi connectivity index (χ0n) is 18.8. The molecule has 5 nitrogen and oxygen atoms in total. The topological polar surface area (TPSA) is 71.3 Å². The van der Waals surface area contributed by atoms with E-state index in [0.717, 1.165) is 18.4 Å². The number of carbonyl (C=O) groups is 1. The van der Waals surface area contributed by atoms with Gasteiger partial charge >= 0.3 is 0 Å². The van der Waals surface area contributed by atoms with E-state index in [0.29, 0.717) is 35.2 Å². The number of methoxy groups -OCH3 is 1. The lowest BCUT2D eigenvalue weighted by Gasteiger charge is -2.13. The Morgan fingerprint density at radius 3 is 2.53 bits per heavy atom. The number of nitrogens with one attached hydrogen (secondary N) is 1. The second-order valence-corrected chi connectivity index (χ2v) is 7.90. The molecule has 6 heteroatoms. The van der Waals surface area contributed by atoms with E-state index in [2.05, 4.69) is 12.2 Å². The highest BCUT2D eigenvalue weighted by molar-refractivity contribution is 6.32. The highest BCUT2D eigenvalue weighted by atomic mass is 35.5. The highest BCUT2D eigenvalue weighted by Gasteiger charge is 2.14. The molecule has 170 valence electrons. The molecule has 2 rings (SSSR count). The van der Waals surface area contributed by atoms with Crippen LogP contribution in [0.4, 0.5) is 0 Å². The van der Waals surface area contributed by atoms with Crippen LogP contribution in [0, 0.1) is 11.3 Å². The summed E-state index contributed by atoms with van der Waals surface area (Å²) in [5.74, 6) is 0.499. The van der Waals surface area contributed by atoms with Crippen LogP contribution in [-0.2, 0) is 11.3 Å². The van der Waals surface area contributed by atoms with E-state index in [1.54, 1.807) is 12.1 Å². The van der Waals surface area contributed by atoms with E-state index in [-0.39, 0.29) is 5.57 Å². The molecule has 2 aromatic rings. The number of halogens is 1. The van der Waals surface area contributed by atoms with Crippen molar-refractivity contribution in [3.63, 3.8) is 0 Å². The third kappa shape index (κ3) is 8.28. The van der Waals surface area contributed by atoms with E-state index in [1.807, 2.05) is 36.4 Å². The first-order valence-electron chi connectivity index (χ1n) is 11.0. The van der Waals surface area contributed by atoms with Gasteiger partial charge in [0.1, 0.15) is 11.6 Å². The van der Waals surface area contributed by atoms with Gasteiger partial charge in [-0.3, -0.25) is 4.79 Å². The lowest BCUT2D eigenvalue weighted by atomic mass is 10.1. The van der Waals surface area contributed by atoms with Crippen LogP contribution < -0.4 is 14.8 Å². The summed E-state index contributed by atoms with van der Waals surface area (Å²) in [6, 6.07) is 14.8. The number of benzene rings is 2. The number of amides is 1. The molecule has 0 saturated carbocycles. The van der Waals surface area contributed by atoms with E-state index in [9.17, 15) is 10.1 Å². The fourth-order valence-corrected chi connectivity index (χ4v) is 3.48. The van der Waals surface area contributed by atoms with Gasteiger partial charge in [0, 0.05) is 6.54 Å². The Kier molecular flexibility index (Phi) is 11.2. The Hall–Kier alpha value is -2.97. The molecule has 1 N–H and O–H groups in total. The first-order chi connectivity index (χ1) is 15.6. The van der Waals surface area contributed by atoms with Gasteiger partial charge in [-0.2, -0.15) is 5.26 Å². The molecule has 0 bridgehead atoms. The van der Waals surface area contributed by atoms with Gasteiger partial charge in [0.15, 0.2) is 11.5 Å². The Bertz CT molecular complexity index is 936. The summed E-state index contributed by atoms with van der Waals surface area (Å²) < 4.78 is 11.3.